The number of hydrogen-bond acceptors (Lipinski definition) is 6. The Bertz CT molecular complexity index is 1050. The summed E-state index contributed by atoms with van der Waals surface area (Å²) in [6.45, 7) is 5.28. The van der Waals surface area contributed by atoms with Gasteiger partial charge in [-0.25, -0.2) is 9.37 Å². The van der Waals surface area contributed by atoms with Crippen molar-refractivity contribution in [3.05, 3.63) is 77.3 Å². The van der Waals surface area contributed by atoms with Crippen LogP contribution < -0.4 is 14.8 Å². The summed E-state index contributed by atoms with van der Waals surface area (Å²) in [7, 11) is 3.23. The maximum atomic E-state index is 13.4. The summed E-state index contributed by atoms with van der Waals surface area (Å²) in [4.78, 5) is 18.8. The molecule has 0 aliphatic carbocycles. The van der Waals surface area contributed by atoms with Gasteiger partial charge in [-0.3, -0.25) is 9.69 Å². The molecular weight excluding hydrogens is 425 g/mol. The fourth-order valence-corrected chi connectivity index (χ4v) is 3.34. The van der Waals surface area contributed by atoms with Crippen LogP contribution in [-0.4, -0.2) is 36.1 Å². The number of oxazole rings is 1. The van der Waals surface area contributed by atoms with Crippen LogP contribution in [0.15, 0.2) is 53.1 Å². The van der Waals surface area contributed by atoms with E-state index in [9.17, 15) is 9.18 Å². The van der Waals surface area contributed by atoms with E-state index in [0.29, 0.717) is 31.3 Å². The largest absolute Gasteiger partial charge is 0.497 e. The first kappa shape index (κ1) is 24.3. The van der Waals surface area contributed by atoms with E-state index >= 15 is 0 Å². The summed E-state index contributed by atoms with van der Waals surface area (Å²) >= 11 is 0. The zero-order valence-corrected chi connectivity index (χ0v) is 19.4. The van der Waals surface area contributed by atoms with Crippen molar-refractivity contribution in [3.63, 3.8) is 0 Å². The number of carbonyl (C=O) groups is 1. The van der Waals surface area contributed by atoms with Gasteiger partial charge in [0.15, 0.2) is 5.69 Å². The quantitative estimate of drug-likeness (QED) is 0.457. The second kappa shape index (κ2) is 11.5. The molecular formula is C25H30FN3O4. The number of nitrogens with one attached hydrogen (secondary N) is 1. The van der Waals surface area contributed by atoms with Gasteiger partial charge in [0.1, 0.15) is 23.6 Å². The summed E-state index contributed by atoms with van der Waals surface area (Å²) in [5, 5.41) is 2.88. The number of hydrogen-bond donors (Lipinski definition) is 1. The normalized spacial score (nSPS) is 11.9. The van der Waals surface area contributed by atoms with Gasteiger partial charge in [0, 0.05) is 24.7 Å². The summed E-state index contributed by atoms with van der Waals surface area (Å²) in [6, 6.07) is 12.0. The first-order chi connectivity index (χ1) is 15.9. The molecule has 1 N–H and O–H groups in total. The van der Waals surface area contributed by atoms with Crippen molar-refractivity contribution >= 4 is 5.91 Å². The molecule has 0 radical (unpaired) electrons. The lowest BCUT2D eigenvalue weighted by Gasteiger charge is -2.22. The highest BCUT2D eigenvalue weighted by molar-refractivity contribution is 5.92. The number of ether oxygens (including phenoxy) is 2. The molecule has 0 aliphatic rings. The van der Waals surface area contributed by atoms with Crippen LogP contribution in [-0.2, 0) is 19.6 Å². The Morgan fingerprint density at radius 3 is 2.55 bits per heavy atom. The summed E-state index contributed by atoms with van der Waals surface area (Å²) in [5.74, 6) is 1.30. The van der Waals surface area contributed by atoms with E-state index in [1.165, 1.54) is 18.4 Å². The summed E-state index contributed by atoms with van der Waals surface area (Å²) in [6.07, 6.45) is 2.19. The lowest BCUT2D eigenvalue weighted by Crippen LogP contribution is -2.32. The summed E-state index contributed by atoms with van der Waals surface area (Å²) in [5.41, 5.74) is 2.09. The Hall–Kier alpha value is -3.39. The molecule has 1 heterocycles. The van der Waals surface area contributed by atoms with Crippen LogP contribution in [0.4, 0.5) is 4.39 Å². The standard InChI is InChI=1S/C25H30FN3O4/c1-5-17(2)27-25(30)22-16-33-24(28-22)15-29(13-18-6-8-20(26)9-7-18)14-19-12-21(31-3)10-11-23(19)32-4/h6-12,16-17H,5,13-15H2,1-4H3,(H,27,30)/t17-/m0/s1. The number of benzene rings is 2. The number of amides is 1. The number of methoxy groups -OCH3 is 2. The Morgan fingerprint density at radius 2 is 1.88 bits per heavy atom. The average molecular weight is 456 g/mol. The SMILES string of the molecule is CC[C@H](C)NC(=O)c1coc(CN(Cc2ccc(F)cc2)Cc2cc(OC)ccc2OC)n1. The minimum atomic E-state index is -0.288. The maximum Gasteiger partial charge on any atom is 0.273 e. The van der Waals surface area contributed by atoms with E-state index in [0.717, 1.165) is 23.3 Å². The molecule has 33 heavy (non-hydrogen) atoms. The third kappa shape index (κ3) is 6.79. The molecule has 1 amide bonds. The number of halogens is 1. The van der Waals surface area contributed by atoms with Gasteiger partial charge >= 0.3 is 0 Å². The van der Waals surface area contributed by atoms with Gasteiger partial charge in [-0.05, 0) is 49.2 Å². The van der Waals surface area contributed by atoms with Crippen molar-refractivity contribution in [2.45, 2.75) is 45.9 Å². The van der Waals surface area contributed by atoms with E-state index in [4.69, 9.17) is 13.9 Å². The molecule has 0 aliphatic heterocycles. The molecule has 1 atom stereocenters. The highest BCUT2D eigenvalue weighted by Gasteiger charge is 2.18. The van der Waals surface area contributed by atoms with E-state index in [2.05, 4.69) is 15.2 Å². The van der Waals surface area contributed by atoms with Gasteiger partial charge in [-0.15, -0.1) is 0 Å². The molecule has 0 bridgehead atoms. The van der Waals surface area contributed by atoms with Crippen LogP contribution in [0.5, 0.6) is 11.5 Å². The predicted molar refractivity (Wildman–Crippen MR) is 123 cm³/mol. The van der Waals surface area contributed by atoms with Crippen molar-refractivity contribution in [3.8, 4) is 11.5 Å². The van der Waals surface area contributed by atoms with Gasteiger partial charge < -0.3 is 19.2 Å². The fourth-order valence-electron chi connectivity index (χ4n) is 3.34. The van der Waals surface area contributed by atoms with Crippen LogP contribution in [0.25, 0.3) is 0 Å². The molecule has 0 unspecified atom stereocenters. The molecule has 3 aromatic rings. The first-order valence-corrected chi connectivity index (χ1v) is 10.8. The third-order valence-electron chi connectivity index (χ3n) is 5.33. The van der Waals surface area contributed by atoms with Crippen molar-refractivity contribution in [2.24, 2.45) is 0 Å². The lowest BCUT2D eigenvalue weighted by atomic mass is 10.1. The summed E-state index contributed by atoms with van der Waals surface area (Å²) < 4.78 is 29.9. The Labute approximate surface area is 193 Å². The zero-order valence-electron chi connectivity index (χ0n) is 19.4. The smallest absolute Gasteiger partial charge is 0.273 e. The molecule has 176 valence electrons. The van der Waals surface area contributed by atoms with E-state index in [-0.39, 0.29) is 23.5 Å². The average Bonchev–Trinajstić information content (AvgIpc) is 3.29. The van der Waals surface area contributed by atoms with Crippen molar-refractivity contribution in [1.29, 1.82) is 0 Å². The molecule has 8 heteroatoms. The molecule has 0 saturated heterocycles. The van der Waals surface area contributed by atoms with Gasteiger partial charge in [0.25, 0.3) is 5.91 Å². The van der Waals surface area contributed by atoms with Gasteiger partial charge in [-0.1, -0.05) is 19.1 Å². The Kier molecular flexibility index (Phi) is 8.43. The molecule has 7 nitrogen and oxygen atoms in total. The van der Waals surface area contributed by atoms with Gasteiger partial charge in [0.05, 0.1) is 20.8 Å². The Balaban J connectivity index is 1.82. The van der Waals surface area contributed by atoms with Crippen molar-refractivity contribution in [1.82, 2.24) is 15.2 Å². The van der Waals surface area contributed by atoms with E-state index in [1.807, 2.05) is 32.0 Å². The topological polar surface area (TPSA) is 76.8 Å². The van der Waals surface area contributed by atoms with Gasteiger partial charge in [-0.2, -0.15) is 0 Å². The number of nitrogens with zero attached hydrogens (tertiary/aromatic N) is 2. The van der Waals surface area contributed by atoms with Crippen LogP contribution in [0.1, 0.15) is 47.8 Å². The molecule has 1 aromatic heterocycles. The van der Waals surface area contributed by atoms with Crippen LogP contribution >= 0.6 is 0 Å². The molecule has 0 spiro atoms. The van der Waals surface area contributed by atoms with Crippen molar-refractivity contribution in [2.75, 3.05) is 14.2 Å². The molecule has 2 aromatic carbocycles. The first-order valence-electron chi connectivity index (χ1n) is 10.8. The number of aromatic nitrogens is 1. The molecule has 0 fully saturated rings. The van der Waals surface area contributed by atoms with E-state index < -0.39 is 0 Å². The number of carbonyl (C=O) groups excluding carboxylic acids is 1. The Morgan fingerprint density at radius 1 is 1.12 bits per heavy atom. The molecule has 3 rings (SSSR count). The van der Waals surface area contributed by atoms with Crippen molar-refractivity contribution < 1.29 is 23.1 Å². The zero-order chi connectivity index (χ0) is 23.8. The highest BCUT2D eigenvalue weighted by atomic mass is 19.1. The maximum absolute atomic E-state index is 13.4. The second-order valence-electron chi connectivity index (χ2n) is 7.86. The lowest BCUT2D eigenvalue weighted by molar-refractivity contribution is 0.0934. The monoisotopic (exact) mass is 455 g/mol. The minimum Gasteiger partial charge on any atom is -0.497 e. The van der Waals surface area contributed by atoms with E-state index in [1.54, 1.807) is 26.4 Å². The highest BCUT2D eigenvalue weighted by Crippen LogP contribution is 2.26. The van der Waals surface area contributed by atoms with Crippen LogP contribution in [0.2, 0.25) is 0 Å². The minimum absolute atomic E-state index is 0.0492. The third-order valence-corrected chi connectivity index (χ3v) is 5.33. The van der Waals surface area contributed by atoms with Crippen LogP contribution in [0, 0.1) is 5.82 Å². The fraction of sp³-hybridized carbons (Fsp3) is 0.360. The number of rotatable bonds is 11. The predicted octanol–water partition coefficient (Wildman–Crippen LogP) is 4.56. The second-order valence-corrected chi connectivity index (χ2v) is 7.86. The van der Waals surface area contributed by atoms with Crippen LogP contribution in [0.3, 0.4) is 0 Å². The molecule has 0 saturated carbocycles. The van der Waals surface area contributed by atoms with Gasteiger partial charge in [0.2, 0.25) is 5.89 Å².